The van der Waals surface area contributed by atoms with E-state index >= 15 is 0 Å². The fourth-order valence-corrected chi connectivity index (χ4v) is 4.24. The SMILES string of the molecule is COCCOc1ccc(CNCC2(N3CCOCC3)CCCCC2)cc1. The Balaban J connectivity index is 1.49. The number of nitrogens with one attached hydrogen (secondary N) is 1. The topological polar surface area (TPSA) is 43.0 Å². The van der Waals surface area contributed by atoms with E-state index in [9.17, 15) is 0 Å². The van der Waals surface area contributed by atoms with Crippen molar-refractivity contribution in [2.24, 2.45) is 0 Å². The summed E-state index contributed by atoms with van der Waals surface area (Å²) >= 11 is 0. The lowest BCUT2D eigenvalue weighted by Crippen LogP contribution is -2.59. The van der Waals surface area contributed by atoms with Crippen molar-refractivity contribution < 1.29 is 14.2 Å². The number of morpholine rings is 1. The highest BCUT2D eigenvalue weighted by molar-refractivity contribution is 5.27. The first-order valence-electron chi connectivity index (χ1n) is 10.1. The molecule has 0 aromatic heterocycles. The van der Waals surface area contributed by atoms with Gasteiger partial charge in [0.05, 0.1) is 19.8 Å². The second-order valence-electron chi connectivity index (χ2n) is 7.47. The van der Waals surface area contributed by atoms with Gasteiger partial charge in [0.2, 0.25) is 0 Å². The highest BCUT2D eigenvalue weighted by atomic mass is 16.5. The molecular formula is C21H34N2O3. The molecule has 2 aliphatic rings. The Morgan fingerprint density at radius 2 is 1.77 bits per heavy atom. The highest BCUT2D eigenvalue weighted by Gasteiger charge is 2.38. The van der Waals surface area contributed by atoms with Gasteiger partial charge < -0.3 is 19.5 Å². The second kappa shape index (κ2) is 10.3. The monoisotopic (exact) mass is 362 g/mol. The van der Waals surface area contributed by atoms with Crippen LogP contribution >= 0.6 is 0 Å². The molecule has 2 fully saturated rings. The van der Waals surface area contributed by atoms with Gasteiger partial charge in [0, 0.05) is 38.8 Å². The van der Waals surface area contributed by atoms with Crippen LogP contribution in [0, 0.1) is 0 Å². The van der Waals surface area contributed by atoms with E-state index in [2.05, 4.69) is 22.3 Å². The third kappa shape index (κ3) is 5.43. The third-order valence-electron chi connectivity index (χ3n) is 5.73. The Labute approximate surface area is 158 Å². The third-order valence-corrected chi connectivity index (χ3v) is 5.73. The number of hydrogen-bond acceptors (Lipinski definition) is 5. The summed E-state index contributed by atoms with van der Waals surface area (Å²) in [5.74, 6) is 0.905. The molecule has 1 saturated carbocycles. The van der Waals surface area contributed by atoms with Gasteiger partial charge in [0.25, 0.3) is 0 Å². The molecule has 1 saturated heterocycles. The van der Waals surface area contributed by atoms with Gasteiger partial charge in [-0.1, -0.05) is 31.4 Å². The predicted molar refractivity (Wildman–Crippen MR) is 104 cm³/mol. The van der Waals surface area contributed by atoms with Crippen LogP contribution in [0.2, 0.25) is 0 Å². The number of rotatable bonds is 9. The second-order valence-corrected chi connectivity index (χ2v) is 7.47. The van der Waals surface area contributed by atoms with E-state index in [-0.39, 0.29) is 0 Å². The normalized spacial score (nSPS) is 20.8. The van der Waals surface area contributed by atoms with Crippen LogP contribution < -0.4 is 10.1 Å². The Hall–Kier alpha value is -1.14. The first-order chi connectivity index (χ1) is 12.8. The van der Waals surface area contributed by atoms with Crippen molar-refractivity contribution >= 4 is 0 Å². The van der Waals surface area contributed by atoms with Gasteiger partial charge in [-0.15, -0.1) is 0 Å². The Bertz CT molecular complexity index is 508. The zero-order valence-electron chi connectivity index (χ0n) is 16.2. The highest BCUT2D eigenvalue weighted by Crippen LogP contribution is 2.34. The fourth-order valence-electron chi connectivity index (χ4n) is 4.24. The van der Waals surface area contributed by atoms with Crippen molar-refractivity contribution in [3.8, 4) is 5.75 Å². The molecule has 0 unspecified atom stereocenters. The molecule has 146 valence electrons. The van der Waals surface area contributed by atoms with Gasteiger partial charge in [-0.25, -0.2) is 0 Å². The van der Waals surface area contributed by atoms with Gasteiger partial charge in [0.15, 0.2) is 0 Å². The van der Waals surface area contributed by atoms with E-state index in [1.807, 2.05) is 12.1 Å². The maximum Gasteiger partial charge on any atom is 0.119 e. The predicted octanol–water partition coefficient (Wildman–Crippen LogP) is 2.84. The Kier molecular flexibility index (Phi) is 7.74. The molecule has 1 aromatic carbocycles. The van der Waals surface area contributed by atoms with Crippen molar-refractivity contribution in [1.82, 2.24) is 10.2 Å². The smallest absolute Gasteiger partial charge is 0.119 e. The molecule has 1 aliphatic heterocycles. The summed E-state index contributed by atoms with van der Waals surface area (Å²) in [6, 6.07) is 8.39. The summed E-state index contributed by atoms with van der Waals surface area (Å²) in [7, 11) is 1.69. The molecule has 0 atom stereocenters. The van der Waals surface area contributed by atoms with Crippen LogP contribution in [-0.2, 0) is 16.0 Å². The summed E-state index contributed by atoms with van der Waals surface area (Å²) in [6.07, 6.45) is 6.72. The zero-order chi connectivity index (χ0) is 18.1. The lowest BCUT2D eigenvalue weighted by Gasteiger charge is -2.48. The Morgan fingerprint density at radius 3 is 2.46 bits per heavy atom. The minimum absolute atomic E-state index is 0.325. The van der Waals surface area contributed by atoms with Crippen LogP contribution in [0.3, 0.4) is 0 Å². The minimum atomic E-state index is 0.325. The van der Waals surface area contributed by atoms with E-state index in [1.165, 1.54) is 37.7 Å². The maximum atomic E-state index is 5.63. The number of methoxy groups -OCH3 is 1. The van der Waals surface area contributed by atoms with E-state index in [0.29, 0.717) is 18.8 Å². The first-order valence-corrected chi connectivity index (χ1v) is 10.1. The maximum absolute atomic E-state index is 5.63. The van der Waals surface area contributed by atoms with Gasteiger partial charge >= 0.3 is 0 Å². The van der Waals surface area contributed by atoms with Crippen molar-refractivity contribution in [3.05, 3.63) is 29.8 Å². The molecule has 1 N–H and O–H groups in total. The number of benzene rings is 1. The van der Waals surface area contributed by atoms with Crippen molar-refractivity contribution in [2.45, 2.75) is 44.2 Å². The van der Waals surface area contributed by atoms with Gasteiger partial charge in [0.1, 0.15) is 12.4 Å². The molecule has 0 bridgehead atoms. The van der Waals surface area contributed by atoms with Crippen LogP contribution in [0.25, 0.3) is 0 Å². The van der Waals surface area contributed by atoms with Crippen LogP contribution in [0.1, 0.15) is 37.7 Å². The number of hydrogen-bond donors (Lipinski definition) is 1. The Morgan fingerprint density at radius 1 is 1.04 bits per heavy atom. The molecule has 5 heteroatoms. The van der Waals surface area contributed by atoms with Crippen molar-refractivity contribution in [1.29, 1.82) is 0 Å². The summed E-state index contributed by atoms with van der Waals surface area (Å²) < 4.78 is 16.2. The fraction of sp³-hybridized carbons (Fsp3) is 0.714. The first kappa shape index (κ1) is 19.6. The average Bonchev–Trinajstić information content (AvgIpc) is 2.71. The molecule has 5 nitrogen and oxygen atoms in total. The lowest BCUT2D eigenvalue weighted by atomic mass is 9.79. The van der Waals surface area contributed by atoms with Crippen molar-refractivity contribution in [2.75, 3.05) is 53.2 Å². The largest absolute Gasteiger partial charge is 0.491 e. The van der Waals surface area contributed by atoms with Gasteiger partial charge in [-0.2, -0.15) is 0 Å². The summed E-state index contributed by atoms with van der Waals surface area (Å²) in [5.41, 5.74) is 1.63. The molecular weight excluding hydrogens is 328 g/mol. The number of ether oxygens (including phenoxy) is 3. The van der Waals surface area contributed by atoms with Crippen LogP contribution in [0.15, 0.2) is 24.3 Å². The quantitative estimate of drug-likeness (QED) is 0.684. The molecule has 0 spiro atoms. The molecule has 1 aromatic rings. The molecule has 0 radical (unpaired) electrons. The standard InChI is InChI=1S/C21H34N2O3/c1-24-15-16-26-20-7-5-19(6-8-20)17-22-18-21(9-3-2-4-10-21)23-11-13-25-14-12-23/h5-8,22H,2-4,9-18H2,1H3. The van der Waals surface area contributed by atoms with E-state index in [0.717, 1.165) is 45.1 Å². The average molecular weight is 363 g/mol. The summed E-state index contributed by atoms with van der Waals surface area (Å²) in [6.45, 7) is 7.11. The van der Waals surface area contributed by atoms with Crippen LogP contribution in [-0.4, -0.2) is 63.6 Å². The zero-order valence-corrected chi connectivity index (χ0v) is 16.2. The van der Waals surface area contributed by atoms with Gasteiger partial charge in [-0.05, 0) is 30.5 Å². The van der Waals surface area contributed by atoms with Crippen molar-refractivity contribution in [3.63, 3.8) is 0 Å². The van der Waals surface area contributed by atoms with E-state index in [1.54, 1.807) is 7.11 Å². The molecule has 1 heterocycles. The van der Waals surface area contributed by atoms with Crippen LogP contribution in [0.4, 0.5) is 0 Å². The van der Waals surface area contributed by atoms with Gasteiger partial charge in [-0.3, -0.25) is 4.90 Å². The van der Waals surface area contributed by atoms with E-state index in [4.69, 9.17) is 14.2 Å². The lowest BCUT2D eigenvalue weighted by molar-refractivity contribution is -0.0369. The minimum Gasteiger partial charge on any atom is -0.491 e. The molecule has 1 aliphatic carbocycles. The molecule has 3 rings (SSSR count). The number of nitrogens with zero attached hydrogens (tertiary/aromatic N) is 1. The van der Waals surface area contributed by atoms with Crippen LogP contribution in [0.5, 0.6) is 5.75 Å². The molecule has 0 amide bonds. The summed E-state index contributed by atoms with van der Waals surface area (Å²) in [5, 5.41) is 3.74. The summed E-state index contributed by atoms with van der Waals surface area (Å²) in [4.78, 5) is 2.69. The molecule has 26 heavy (non-hydrogen) atoms. The van der Waals surface area contributed by atoms with E-state index < -0.39 is 0 Å².